The van der Waals surface area contributed by atoms with E-state index in [-0.39, 0.29) is 17.6 Å². The van der Waals surface area contributed by atoms with Crippen molar-refractivity contribution in [1.82, 2.24) is 4.31 Å². The normalized spacial score (nSPS) is 22.1. The van der Waals surface area contributed by atoms with Crippen molar-refractivity contribution in [3.63, 3.8) is 0 Å². The Kier molecular flexibility index (Phi) is 6.96. The minimum absolute atomic E-state index is 0.0593. The molecule has 1 fully saturated rings. The highest BCUT2D eigenvalue weighted by Crippen LogP contribution is 2.23. The lowest BCUT2D eigenvalue weighted by Crippen LogP contribution is -2.42. The van der Waals surface area contributed by atoms with Crippen LogP contribution in [-0.2, 0) is 19.6 Å². The number of methoxy groups -OCH3 is 1. The van der Waals surface area contributed by atoms with Crippen LogP contribution < -0.4 is 0 Å². The molecule has 0 aromatic carbocycles. The lowest BCUT2D eigenvalue weighted by Gasteiger charge is -2.28. The molecule has 0 aliphatic carbocycles. The fraction of sp³-hybridized carbons (Fsp3) is 0.923. The smallest absolute Gasteiger partial charge is 0.214 e. The van der Waals surface area contributed by atoms with E-state index in [0.29, 0.717) is 26.0 Å². The summed E-state index contributed by atoms with van der Waals surface area (Å²) in [6, 6.07) is -0.146. The number of rotatable bonds is 7. The quantitative estimate of drug-likeness (QED) is 0.668. The molecule has 0 amide bonds. The first kappa shape index (κ1) is 16.6. The van der Waals surface area contributed by atoms with Crippen molar-refractivity contribution in [3.05, 3.63) is 0 Å². The minimum Gasteiger partial charge on any atom is -0.385 e. The van der Waals surface area contributed by atoms with Gasteiger partial charge in [0.25, 0.3) is 0 Å². The first-order valence-electron chi connectivity index (χ1n) is 6.95. The number of hydrogen-bond donors (Lipinski definition) is 0. The molecule has 1 aliphatic heterocycles. The average molecular weight is 291 g/mol. The zero-order chi connectivity index (χ0) is 14.3. The molecule has 1 rings (SSSR count). The molecule has 1 aliphatic rings. The predicted octanol–water partition coefficient (Wildman–Crippen LogP) is 1.58. The molecular formula is C13H25NO4S. The van der Waals surface area contributed by atoms with Gasteiger partial charge >= 0.3 is 0 Å². The van der Waals surface area contributed by atoms with Crippen LogP contribution in [0.4, 0.5) is 0 Å². The molecule has 0 spiro atoms. The number of nitrogens with zero attached hydrogens (tertiary/aromatic N) is 1. The highest BCUT2D eigenvalue weighted by Gasteiger charge is 2.31. The van der Waals surface area contributed by atoms with Gasteiger partial charge in [-0.15, -0.1) is 0 Å². The Morgan fingerprint density at radius 1 is 1.32 bits per heavy atom. The van der Waals surface area contributed by atoms with E-state index in [1.54, 1.807) is 11.4 Å². The number of hydrogen-bond acceptors (Lipinski definition) is 4. The van der Waals surface area contributed by atoms with Crippen LogP contribution >= 0.6 is 0 Å². The lowest BCUT2D eigenvalue weighted by atomic mass is 10.1. The van der Waals surface area contributed by atoms with Crippen LogP contribution in [0.2, 0.25) is 0 Å². The number of sulfonamides is 1. The van der Waals surface area contributed by atoms with E-state index in [9.17, 15) is 13.2 Å². The number of Topliss-reactive ketones (excluding diaryl/α,β-unsaturated/α-hetero) is 1. The van der Waals surface area contributed by atoms with Crippen molar-refractivity contribution in [2.45, 2.75) is 51.5 Å². The predicted molar refractivity (Wildman–Crippen MR) is 74.5 cm³/mol. The van der Waals surface area contributed by atoms with Crippen LogP contribution in [0.5, 0.6) is 0 Å². The Morgan fingerprint density at radius 2 is 2.05 bits per heavy atom. The van der Waals surface area contributed by atoms with Crippen LogP contribution in [0.1, 0.15) is 45.4 Å². The van der Waals surface area contributed by atoms with Crippen LogP contribution in [0.15, 0.2) is 0 Å². The van der Waals surface area contributed by atoms with Crippen LogP contribution in [0.3, 0.4) is 0 Å². The summed E-state index contributed by atoms with van der Waals surface area (Å²) in [4.78, 5) is 11.3. The summed E-state index contributed by atoms with van der Waals surface area (Å²) >= 11 is 0. The van der Waals surface area contributed by atoms with E-state index in [1.165, 1.54) is 6.92 Å². The molecule has 1 atom stereocenters. The molecule has 112 valence electrons. The average Bonchev–Trinajstić information content (AvgIpc) is 2.54. The second kappa shape index (κ2) is 7.97. The molecule has 0 aromatic heterocycles. The van der Waals surface area contributed by atoms with Crippen molar-refractivity contribution >= 4 is 15.8 Å². The highest BCUT2D eigenvalue weighted by atomic mass is 32.2. The molecule has 1 unspecified atom stereocenters. The standard InChI is InChI=1S/C13H25NO4S/c1-12(15)11-13-7-4-3-5-8-14(13)19(16,17)10-6-9-18-2/h13H,3-11H2,1-2H3. The zero-order valence-electron chi connectivity index (χ0n) is 11.9. The maximum atomic E-state index is 12.4. The molecule has 1 heterocycles. The van der Waals surface area contributed by atoms with Gasteiger partial charge < -0.3 is 4.74 Å². The van der Waals surface area contributed by atoms with Crippen LogP contribution in [0.25, 0.3) is 0 Å². The summed E-state index contributed by atoms with van der Waals surface area (Å²) in [5.41, 5.74) is 0. The van der Waals surface area contributed by atoms with Crippen molar-refractivity contribution < 1.29 is 17.9 Å². The van der Waals surface area contributed by atoms with E-state index >= 15 is 0 Å². The molecule has 0 saturated carbocycles. The van der Waals surface area contributed by atoms with Gasteiger partial charge in [-0.25, -0.2) is 8.42 Å². The summed E-state index contributed by atoms with van der Waals surface area (Å²) in [5, 5.41) is 0. The first-order valence-corrected chi connectivity index (χ1v) is 8.56. The van der Waals surface area contributed by atoms with E-state index in [2.05, 4.69) is 0 Å². The monoisotopic (exact) mass is 291 g/mol. The Bertz CT molecular complexity index is 380. The van der Waals surface area contributed by atoms with E-state index in [4.69, 9.17) is 4.74 Å². The topological polar surface area (TPSA) is 63.7 Å². The minimum atomic E-state index is -3.27. The van der Waals surface area contributed by atoms with E-state index < -0.39 is 10.0 Å². The van der Waals surface area contributed by atoms with Gasteiger partial charge in [-0.2, -0.15) is 4.31 Å². The largest absolute Gasteiger partial charge is 0.385 e. The van der Waals surface area contributed by atoms with Crippen LogP contribution in [-0.4, -0.2) is 50.6 Å². The van der Waals surface area contributed by atoms with Gasteiger partial charge in [0.2, 0.25) is 10.0 Å². The third-order valence-corrected chi connectivity index (χ3v) is 5.45. The van der Waals surface area contributed by atoms with Crippen molar-refractivity contribution in [2.75, 3.05) is 26.0 Å². The molecule has 0 bridgehead atoms. The lowest BCUT2D eigenvalue weighted by molar-refractivity contribution is -0.117. The van der Waals surface area contributed by atoms with Gasteiger partial charge in [0, 0.05) is 32.7 Å². The van der Waals surface area contributed by atoms with Crippen LogP contribution in [0, 0.1) is 0 Å². The van der Waals surface area contributed by atoms with E-state index in [1.807, 2.05) is 0 Å². The Hall–Kier alpha value is -0.460. The molecule has 6 heteroatoms. The number of carbonyl (C=O) groups excluding carboxylic acids is 1. The summed E-state index contributed by atoms with van der Waals surface area (Å²) in [7, 11) is -1.71. The van der Waals surface area contributed by atoms with Gasteiger partial charge in [0.05, 0.1) is 5.75 Å². The third kappa shape index (κ3) is 5.58. The van der Waals surface area contributed by atoms with Gasteiger partial charge in [0.1, 0.15) is 5.78 Å². The summed E-state index contributed by atoms with van der Waals surface area (Å²) in [6.07, 6.45) is 4.56. The summed E-state index contributed by atoms with van der Waals surface area (Å²) < 4.78 is 31.2. The number of ketones is 1. The summed E-state index contributed by atoms with van der Waals surface area (Å²) in [5.74, 6) is 0.166. The Labute approximate surface area is 116 Å². The molecule has 0 radical (unpaired) electrons. The molecule has 1 saturated heterocycles. The molecule has 19 heavy (non-hydrogen) atoms. The SMILES string of the molecule is COCCCS(=O)(=O)N1CCCCCC1CC(C)=O. The fourth-order valence-electron chi connectivity index (χ4n) is 2.56. The van der Waals surface area contributed by atoms with E-state index in [0.717, 1.165) is 25.7 Å². The molecule has 0 aromatic rings. The second-order valence-electron chi connectivity index (χ2n) is 5.18. The maximum Gasteiger partial charge on any atom is 0.214 e. The zero-order valence-corrected chi connectivity index (χ0v) is 12.7. The van der Waals surface area contributed by atoms with Gasteiger partial charge in [-0.3, -0.25) is 4.79 Å². The Balaban J connectivity index is 2.74. The first-order chi connectivity index (χ1) is 8.97. The Morgan fingerprint density at radius 3 is 2.68 bits per heavy atom. The molecule has 0 N–H and O–H groups in total. The molecule has 5 nitrogen and oxygen atoms in total. The van der Waals surface area contributed by atoms with Crippen molar-refractivity contribution in [3.8, 4) is 0 Å². The van der Waals surface area contributed by atoms with Gasteiger partial charge in [-0.05, 0) is 26.2 Å². The van der Waals surface area contributed by atoms with Crippen molar-refractivity contribution in [2.24, 2.45) is 0 Å². The number of ether oxygens (including phenoxy) is 1. The fourth-order valence-corrected chi connectivity index (χ4v) is 4.31. The number of carbonyl (C=O) groups is 1. The highest BCUT2D eigenvalue weighted by molar-refractivity contribution is 7.89. The third-order valence-electron chi connectivity index (χ3n) is 3.45. The maximum absolute atomic E-state index is 12.4. The van der Waals surface area contributed by atoms with Gasteiger partial charge in [0.15, 0.2) is 0 Å². The summed E-state index contributed by atoms with van der Waals surface area (Å²) in [6.45, 7) is 2.53. The van der Waals surface area contributed by atoms with Gasteiger partial charge in [-0.1, -0.05) is 12.8 Å². The molecular weight excluding hydrogens is 266 g/mol. The van der Waals surface area contributed by atoms with Crippen molar-refractivity contribution in [1.29, 1.82) is 0 Å². The second-order valence-corrected chi connectivity index (χ2v) is 7.22.